The molecule has 106 valence electrons. The van der Waals surface area contributed by atoms with Crippen LogP contribution in [0.3, 0.4) is 0 Å². The van der Waals surface area contributed by atoms with Gasteiger partial charge in [0.1, 0.15) is 5.65 Å². The lowest BCUT2D eigenvalue weighted by molar-refractivity contribution is -0.389. The molecule has 20 heavy (non-hydrogen) atoms. The normalized spacial score (nSPS) is 11.2. The Bertz CT molecular complexity index is 699. The molecule has 0 atom stereocenters. The Labute approximate surface area is 119 Å². The van der Waals surface area contributed by atoms with Gasteiger partial charge in [0.05, 0.1) is 4.92 Å². The zero-order chi connectivity index (χ0) is 14.7. The van der Waals surface area contributed by atoms with Crippen molar-refractivity contribution in [3.63, 3.8) is 0 Å². The molecule has 0 aliphatic heterocycles. The predicted molar refractivity (Wildman–Crippen MR) is 77.4 cm³/mol. The van der Waals surface area contributed by atoms with Gasteiger partial charge in [0, 0.05) is 18.5 Å². The number of aromatic nitrogens is 2. The average Bonchev–Trinajstić information content (AvgIpc) is 2.38. The van der Waals surface area contributed by atoms with Crippen molar-refractivity contribution in [2.75, 3.05) is 26.4 Å². The van der Waals surface area contributed by atoms with Gasteiger partial charge in [-0.1, -0.05) is 17.8 Å². The molecule has 0 aliphatic rings. The van der Waals surface area contributed by atoms with Crippen molar-refractivity contribution in [3.8, 4) is 0 Å². The Morgan fingerprint density at radius 2 is 2.20 bits per heavy atom. The van der Waals surface area contributed by atoms with Crippen molar-refractivity contribution in [1.82, 2.24) is 14.3 Å². The van der Waals surface area contributed by atoms with Crippen LogP contribution in [0.5, 0.6) is 0 Å². The van der Waals surface area contributed by atoms with Gasteiger partial charge in [-0.25, -0.2) is 4.98 Å². The molecule has 2 rings (SSSR count). The van der Waals surface area contributed by atoms with Gasteiger partial charge in [0.2, 0.25) is 0 Å². The second-order valence-corrected chi connectivity index (χ2v) is 5.49. The fourth-order valence-electron chi connectivity index (χ4n) is 1.64. The minimum absolute atomic E-state index is 0.174. The summed E-state index contributed by atoms with van der Waals surface area (Å²) in [4.78, 5) is 28.8. The molecule has 0 amide bonds. The second kappa shape index (κ2) is 6.02. The maximum absolute atomic E-state index is 12.1. The summed E-state index contributed by atoms with van der Waals surface area (Å²) in [6, 6.07) is 5.03. The third kappa shape index (κ3) is 2.97. The van der Waals surface area contributed by atoms with Crippen LogP contribution in [-0.2, 0) is 0 Å². The highest BCUT2D eigenvalue weighted by Gasteiger charge is 2.23. The molecule has 2 heterocycles. The SMILES string of the molecule is CN(C)CCSc1nc2ccccn2c(=O)c1[N+](=O)[O-]. The number of pyridine rings is 1. The Kier molecular flexibility index (Phi) is 4.35. The Morgan fingerprint density at radius 3 is 2.85 bits per heavy atom. The van der Waals surface area contributed by atoms with Gasteiger partial charge >= 0.3 is 11.2 Å². The molecular weight excluding hydrogens is 280 g/mol. The van der Waals surface area contributed by atoms with Gasteiger partial charge in [-0.05, 0) is 26.2 Å². The Hall–Kier alpha value is -1.93. The molecule has 8 heteroatoms. The summed E-state index contributed by atoms with van der Waals surface area (Å²) in [5, 5.41) is 11.3. The zero-order valence-electron chi connectivity index (χ0n) is 11.1. The van der Waals surface area contributed by atoms with Crippen molar-refractivity contribution >= 4 is 23.1 Å². The zero-order valence-corrected chi connectivity index (χ0v) is 12.0. The molecule has 0 unspecified atom stereocenters. The maximum Gasteiger partial charge on any atom is 0.366 e. The summed E-state index contributed by atoms with van der Waals surface area (Å²) in [5.41, 5.74) is -0.694. The number of hydrogen-bond donors (Lipinski definition) is 0. The first kappa shape index (κ1) is 14.5. The largest absolute Gasteiger partial charge is 0.366 e. The molecular formula is C12H14N4O3S. The minimum atomic E-state index is -0.660. The van der Waals surface area contributed by atoms with E-state index in [4.69, 9.17) is 0 Å². The Balaban J connectivity index is 2.49. The van der Waals surface area contributed by atoms with E-state index in [1.54, 1.807) is 18.2 Å². The summed E-state index contributed by atoms with van der Waals surface area (Å²) in [6.45, 7) is 0.748. The quantitative estimate of drug-likeness (QED) is 0.357. The maximum atomic E-state index is 12.1. The van der Waals surface area contributed by atoms with Crippen LogP contribution in [0.1, 0.15) is 0 Å². The molecule has 0 saturated carbocycles. The molecule has 2 aromatic heterocycles. The minimum Gasteiger partial charge on any atom is -0.309 e. The molecule has 0 aliphatic carbocycles. The van der Waals surface area contributed by atoms with Crippen molar-refractivity contribution < 1.29 is 4.92 Å². The van der Waals surface area contributed by atoms with E-state index in [-0.39, 0.29) is 5.03 Å². The standard InChI is InChI=1S/C12H14N4O3S/c1-14(2)7-8-20-11-10(16(18)19)12(17)15-6-4-3-5-9(15)13-11/h3-6H,7-8H2,1-2H3. The molecule has 0 aromatic carbocycles. The van der Waals surface area contributed by atoms with E-state index in [2.05, 4.69) is 4.98 Å². The van der Waals surface area contributed by atoms with Gasteiger partial charge in [0.15, 0.2) is 5.03 Å². The van der Waals surface area contributed by atoms with Crippen LogP contribution in [-0.4, -0.2) is 45.6 Å². The molecule has 0 saturated heterocycles. The van der Waals surface area contributed by atoms with Crippen LogP contribution >= 0.6 is 11.8 Å². The van der Waals surface area contributed by atoms with Gasteiger partial charge in [0.25, 0.3) is 0 Å². The first-order valence-electron chi connectivity index (χ1n) is 5.94. The van der Waals surface area contributed by atoms with Crippen LogP contribution < -0.4 is 5.56 Å². The first-order chi connectivity index (χ1) is 9.50. The number of nitrogens with zero attached hydrogens (tertiary/aromatic N) is 4. The van der Waals surface area contributed by atoms with Gasteiger partial charge in [-0.2, -0.15) is 0 Å². The summed E-state index contributed by atoms with van der Waals surface area (Å²) in [5.74, 6) is 0.628. The van der Waals surface area contributed by atoms with E-state index < -0.39 is 16.2 Å². The van der Waals surface area contributed by atoms with Crippen LogP contribution in [0.4, 0.5) is 5.69 Å². The van der Waals surface area contributed by atoms with E-state index in [9.17, 15) is 14.9 Å². The number of rotatable bonds is 5. The lowest BCUT2D eigenvalue weighted by Crippen LogP contribution is -2.20. The number of thioether (sulfide) groups is 1. The van der Waals surface area contributed by atoms with Crippen LogP contribution in [0.25, 0.3) is 5.65 Å². The van der Waals surface area contributed by atoms with Gasteiger partial charge in [-0.3, -0.25) is 19.3 Å². The van der Waals surface area contributed by atoms with Gasteiger partial charge in [-0.15, -0.1) is 0 Å². The lowest BCUT2D eigenvalue weighted by atomic mass is 10.4. The molecule has 0 fully saturated rings. The van der Waals surface area contributed by atoms with Gasteiger partial charge < -0.3 is 4.90 Å². The number of hydrogen-bond acceptors (Lipinski definition) is 6. The number of nitro groups is 1. The molecule has 0 spiro atoms. The predicted octanol–water partition coefficient (Wildman–Crippen LogP) is 1.26. The fraction of sp³-hybridized carbons (Fsp3) is 0.333. The monoisotopic (exact) mass is 294 g/mol. The Morgan fingerprint density at radius 1 is 1.45 bits per heavy atom. The second-order valence-electron chi connectivity index (χ2n) is 4.41. The van der Waals surface area contributed by atoms with Crippen molar-refractivity contribution in [1.29, 1.82) is 0 Å². The molecule has 0 bridgehead atoms. The average molecular weight is 294 g/mol. The number of fused-ring (bicyclic) bond motifs is 1. The summed E-state index contributed by atoms with van der Waals surface area (Å²) in [7, 11) is 3.83. The van der Waals surface area contributed by atoms with Crippen molar-refractivity contribution in [3.05, 3.63) is 44.9 Å². The fourth-order valence-corrected chi connectivity index (χ4v) is 2.75. The highest BCUT2D eigenvalue weighted by Crippen LogP contribution is 2.24. The third-order valence-corrected chi connectivity index (χ3v) is 3.58. The molecule has 0 radical (unpaired) electrons. The van der Waals surface area contributed by atoms with Crippen LogP contribution in [0, 0.1) is 10.1 Å². The molecule has 7 nitrogen and oxygen atoms in total. The highest BCUT2D eigenvalue weighted by molar-refractivity contribution is 7.99. The summed E-state index contributed by atoms with van der Waals surface area (Å²) >= 11 is 1.22. The molecule has 2 aromatic rings. The first-order valence-corrected chi connectivity index (χ1v) is 6.92. The van der Waals surface area contributed by atoms with Crippen LogP contribution in [0.2, 0.25) is 0 Å². The smallest absolute Gasteiger partial charge is 0.309 e. The summed E-state index contributed by atoms with van der Waals surface area (Å²) < 4.78 is 1.19. The van der Waals surface area contributed by atoms with E-state index in [0.29, 0.717) is 11.4 Å². The van der Waals surface area contributed by atoms with E-state index >= 15 is 0 Å². The van der Waals surface area contributed by atoms with Crippen molar-refractivity contribution in [2.45, 2.75) is 5.03 Å². The molecule has 0 N–H and O–H groups in total. The van der Waals surface area contributed by atoms with E-state index in [1.807, 2.05) is 19.0 Å². The third-order valence-electron chi connectivity index (χ3n) is 2.64. The van der Waals surface area contributed by atoms with E-state index in [1.165, 1.54) is 22.4 Å². The van der Waals surface area contributed by atoms with Crippen LogP contribution in [0.15, 0.2) is 34.2 Å². The highest BCUT2D eigenvalue weighted by atomic mass is 32.2. The lowest BCUT2D eigenvalue weighted by Gasteiger charge is -2.09. The van der Waals surface area contributed by atoms with Crippen molar-refractivity contribution in [2.24, 2.45) is 0 Å². The van der Waals surface area contributed by atoms with E-state index in [0.717, 1.165) is 6.54 Å². The topological polar surface area (TPSA) is 80.8 Å². The summed E-state index contributed by atoms with van der Waals surface area (Å²) in [6.07, 6.45) is 1.48.